The van der Waals surface area contributed by atoms with E-state index in [1.165, 1.54) is 0 Å². The van der Waals surface area contributed by atoms with Gasteiger partial charge in [-0.3, -0.25) is 4.79 Å². The molecule has 0 bridgehead atoms. The van der Waals surface area contributed by atoms with E-state index in [-0.39, 0.29) is 5.78 Å². The van der Waals surface area contributed by atoms with Crippen LogP contribution >= 0.6 is 0 Å². The van der Waals surface area contributed by atoms with Crippen LogP contribution < -0.4 is 4.74 Å². The molecule has 0 N–H and O–H groups in total. The lowest BCUT2D eigenvalue weighted by atomic mass is 10.2. The molecule has 0 spiro atoms. The SMILES string of the molecule is C=C(C)C(=O)CCOc1cc[c]cc1. The van der Waals surface area contributed by atoms with Crippen molar-refractivity contribution in [2.24, 2.45) is 0 Å². The molecule has 0 aromatic heterocycles. The summed E-state index contributed by atoms with van der Waals surface area (Å²) in [7, 11) is 0. The highest BCUT2D eigenvalue weighted by molar-refractivity contribution is 5.94. The largest absolute Gasteiger partial charge is 0.493 e. The molecule has 14 heavy (non-hydrogen) atoms. The zero-order valence-electron chi connectivity index (χ0n) is 8.25. The Labute approximate surface area is 84.2 Å². The fraction of sp³-hybridized carbons (Fsp3) is 0.250. The minimum absolute atomic E-state index is 0.0486. The molecule has 0 heterocycles. The van der Waals surface area contributed by atoms with Crippen molar-refractivity contribution in [1.82, 2.24) is 0 Å². The Morgan fingerprint density at radius 3 is 2.71 bits per heavy atom. The molecule has 0 amide bonds. The zero-order chi connectivity index (χ0) is 10.4. The number of carbonyl (C=O) groups excluding carboxylic acids is 1. The van der Waals surface area contributed by atoms with E-state index in [1.54, 1.807) is 19.1 Å². The molecule has 0 atom stereocenters. The number of carbonyl (C=O) groups is 1. The van der Waals surface area contributed by atoms with Crippen LogP contribution in [0.15, 0.2) is 36.4 Å². The van der Waals surface area contributed by atoms with Crippen LogP contribution in [0.5, 0.6) is 5.75 Å². The van der Waals surface area contributed by atoms with Crippen LogP contribution in [0.3, 0.4) is 0 Å². The normalized spacial score (nSPS) is 9.50. The Morgan fingerprint density at radius 1 is 1.50 bits per heavy atom. The minimum atomic E-state index is 0.0486. The maximum Gasteiger partial charge on any atom is 0.161 e. The van der Waals surface area contributed by atoms with Gasteiger partial charge in [0, 0.05) is 6.42 Å². The fourth-order valence-electron chi connectivity index (χ4n) is 0.943. The second-order valence-electron chi connectivity index (χ2n) is 3.04. The number of allylic oxidation sites excluding steroid dienone is 1. The number of Topliss-reactive ketones (excluding diaryl/α,β-unsaturated/α-hetero) is 1. The van der Waals surface area contributed by atoms with Crippen LogP contribution in [-0.2, 0) is 4.79 Å². The van der Waals surface area contributed by atoms with Gasteiger partial charge in [-0.05, 0) is 30.7 Å². The van der Waals surface area contributed by atoms with Crippen molar-refractivity contribution in [2.75, 3.05) is 6.61 Å². The maximum atomic E-state index is 11.1. The van der Waals surface area contributed by atoms with Crippen LogP contribution in [0.4, 0.5) is 0 Å². The lowest BCUT2D eigenvalue weighted by Crippen LogP contribution is -2.06. The van der Waals surface area contributed by atoms with E-state index in [2.05, 4.69) is 12.6 Å². The predicted molar refractivity (Wildman–Crippen MR) is 55.2 cm³/mol. The van der Waals surface area contributed by atoms with Crippen LogP contribution in [0.1, 0.15) is 13.3 Å². The molecule has 1 rings (SSSR count). The molecule has 0 saturated heterocycles. The van der Waals surface area contributed by atoms with E-state index in [0.29, 0.717) is 18.6 Å². The Hall–Kier alpha value is -1.57. The summed E-state index contributed by atoms with van der Waals surface area (Å²) in [5, 5.41) is 0. The third-order valence-corrected chi connectivity index (χ3v) is 1.76. The van der Waals surface area contributed by atoms with Gasteiger partial charge in [0.15, 0.2) is 5.78 Å². The van der Waals surface area contributed by atoms with E-state index in [1.807, 2.05) is 12.1 Å². The summed E-state index contributed by atoms with van der Waals surface area (Å²) in [6.45, 7) is 5.68. The Bertz CT molecular complexity index is 314. The summed E-state index contributed by atoms with van der Waals surface area (Å²) >= 11 is 0. The van der Waals surface area contributed by atoms with Gasteiger partial charge >= 0.3 is 0 Å². The Balaban J connectivity index is 2.29. The lowest BCUT2D eigenvalue weighted by Gasteiger charge is -2.04. The minimum Gasteiger partial charge on any atom is -0.493 e. The molecule has 0 fully saturated rings. The first-order valence-corrected chi connectivity index (χ1v) is 4.48. The first-order chi connectivity index (χ1) is 6.70. The van der Waals surface area contributed by atoms with Crippen LogP contribution in [0.25, 0.3) is 0 Å². The van der Waals surface area contributed by atoms with E-state index < -0.39 is 0 Å². The van der Waals surface area contributed by atoms with Crippen molar-refractivity contribution in [3.05, 3.63) is 42.5 Å². The lowest BCUT2D eigenvalue weighted by molar-refractivity contribution is -0.115. The highest BCUT2D eigenvalue weighted by Crippen LogP contribution is 2.08. The molecule has 0 aliphatic carbocycles. The van der Waals surface area contributed by atoms with Gasteiger partial charge < -0.3 is 4.74 Å². The summed E-state index contributed by atoms with van der Waals surface area (Å²) in [4.78, 5) is 11.1. The average molecular weight is 189 g/mol. The maximum absolute atomic E-state index is 11.1. The summed E-state index contributed by atoms with van der Waals surface area (Å²) in [5.74, 6) is 0.811. The smallest absolute Gasteiger partial charge is 0.161 e. The zero-order valence-corrected chi connectivity index (χ0v) is 8.25. The van der Waals surface area contributed by atoms with Crippen molar-refractivity contribution >= 4 is 5.78 Å². The third-order valence-electron chi connectivity index (χ3n) is 1.76. The van der Waals surface area contributed by atoms with Gasteiger partial charge in [-0.1, -0.05) is 18.7 Å². The summed E-state index contributed by atoms with van der Waals surface area (Å²) < 4.78 is 5.34. The van der Waals surface area contributed by atoms with Gasteiger partial charge in [-0.2, -0.15) is 0 Å². The fourth-order valence-corrected chi connectivity index (χ4v) is 0.943. The Morgan fingerprint density at radius 2 is 2.14 bits per heavy atom. The molecule has 0 aliphatic heterocycles. The quantitative estimate of drug-likeness (QED) is 0.665. The Kier molecular flexibility index (Phi) is 3.92. The number of hydrogen-bond donors (Lipinski definition) is 0. The van der Waals surface area contributed by atoms with E-state index in [0.717, 1.165) is 5.75 Å². The van der Waals surface area contributed by atoms with E-state index in [4.69, 9.17) is 4.74 Å². The number of hydrogen-bond acceptors (Lipinski definition) is 2. The number of rotatable bonds is 5. The highest BCUT2D eigenvalue weighted by atomic mass is 16.5. The number of ether oxygens (including phenoxy) is 1. The monoisotopic (exact) mass is 189 g/mol. The van der Waals surface area contributed by atoms with Gasteiger partial charge in [0.2, 0.25) is 0 Å². The van der Waals surface area contributed by atoms with Gasteiger partial charge in [0.25, 0.3) is 0 Å². The van der Waals surface area contributed by atoms with Gasteiger partial charge in [0.1, 0.15) is 5.75 Å². The number of benzene rings is 1. The summed E-state index contributed by atoms with van der Waals surface area (Å²) in [6, 6.07) is 10.1. The van der Waals surface area contributed by atoms with E-state index >= 15 is 0 Å². The van der Waals surface area contributed by atoms with Crippen molar-refractivity contribution < 1.29 is 9.53 Å². The van der Waals surface area contributed by atoms with Gasteiger partial charge in [-0.15, -0.1) is 0 Å². The molecule has 73 valence electrons. The molecule has 2 nitrogen and oxygen atoms in total. The third kappa shape index (κ3) is 3.44. The average Bonchev–Trinajstić information content (AvgIpc) is 2.19. The standard InChI is InChI=1S/C12H13O2/c1-10(2)12(13)8-9-14-11-6-4-3-5-7-11/h4-7H,1,8-9H2,2H3. The van der Waals surface area contributed by atoms with Crippen molar-refractivity contribution in [3.8, 4) is 5.75 Å². The summed E-state index contributed by atoms with van der Waals surface area (Å²) in [5.41, 5.74) is 0.579. The van der Waals surface area contributed by atoms with Crippen LogP contribution in [0, 0.1) is 6.07 Å². The molecule has 0 saturated carbocycles. The predicted octanol–water partition coefficient (Wildman–Crippen LogP) is 2.40. The second-order valence-corrected chi connectivity index (χ2v) is 3.04. The van der Waals surface area contributed by atoms with Crippen LogP contribution in [0.2, 0.25) is 0 Å². The first kappa shape index (κ1) is 10.5. The van der Waals surface area contributed by atoms with Crippen molar-refractivity contribution in [1.29, 1.82) is 0 Å². The van der Waals surface area contributed by atoms with Gasteiger partial charge in [-0.25, -0.2) is 0 Å². The van der Waals surface area contributed by atoms with E-state index in [9.17, 15) is 4.79 Å². The molecule has 1 aromatic rings. The molecule has 2 heteroatoms. The molecule has 0 unspecified atom stereocenters. The molecular formula is C12H13O2. The molecular weight excluding hydrogens is 176 g/mol. The first-order valence-electron chi connectivity index (χ1n) is 4.48. The van der Waals surface area contributed by atoms with Crippen LogP contribution in [-0.4, -0.2) is 12.4 Å². The highest BCUT2D eigenvalue weighted by Gasteiger charge is 2.01. The van der Waals surface area contributed by atoms with Gasteiger partial charge in [0.05, 0.1) is 6.61 Å². The second kappa shape index (κ2) is 5.22. The topological polar surface area (TPSA) is 26.3 Å². The number of ketones is 1. The summed E-state index contributed by atoms with van der Waals surface area (Å²) in [6.07, 6.45) is 0.383. The van der Waals surface area contributed by atoms with Crippen molar-refractivity contribution in [3.63, 3.8) is 0 Å². The molecule has 1 radical (unpaired) electrons. The van der Waals surface area contributed by atoms with Crippen molar-refractivity contribution in [2.45, 2.75) is 13.3 Å². The molecule has 0 aliphatic rings. The molecule has 1 aromatic carbocycles.